The number of aliphatic hydroxyl groups excluding tert-OH is 1. The Morgan fingerprint density at radius 2 is 2.20 bits per heavy atom. The van der Waals surface area contributed by atoms with Gasteiger partial charge in [0.2, 0.25) is 0 Å². The fourth-order valence-corrected chi connectivity index (χ4v) is 2.15. The summed E-state index contributed by atoms with van der Waals surface area (Å²) in [5.41, 5.74) is 3.51. The molecule has 0 saturated carbocycles. The first kappa shape index (κ1) is 16.2. The van der Waals surface area contributed by atoms with Crippen molar-refractivity contribution in [3.05, 3.63) is 47.5 Å². The number of hydrogen-bond acceptors (Lipinski definition) is 2. The van der Waals surface area contributed by atoms with Gasteiger partial charge in [-0.3, -0.25) is 0 Å². The summed E-state index contributed by atoms with van der Waals surface area (Å²) in [5, 5.41) is 11.9. The number of nitrogens with zero attached hydrogens (tertiary/aromatic N) is 1. The lowest BCUT2D eigenvalue weighted by Crippen LogP contribution is -2.42. The lowest BCUT2D eigenvalue weighted by atomic mass is 9.98. The molecule has 0 spiro atoms. The molecule has 4 heteroatoms. The van der Waals surface area contributed by atoms with Crippen LogP contribution in [0.3, 0.4) is 0 Å². The third kappa shape index (κ3) is 4.10. The predicted molar refractivity (Wildman–Crippen MR) is 81.7 cm³/mol. The minimum Gasteiger partial charge on any atom is -0.395 e. The number of nitrogens with one attached hydrogen (secondary N) is 1. The Morgan fingerprint density at radius 3 is 2.80 bits per heavy atom. The summed E-state index contributed by atoms with van der Waals surface area (Å²) >= 11 is 0. The number of urea groups is 1. The third-order valence-corrected chi connectivity index (χ3v) is 3.46. The zero-order chi connectivity index (χ0) is 15.1. The van der Waals surface area contributed by atoms with Crippen molar-refractivity contribution in [1.82, 2.24) is 10.2 Å². The molecule has 0 saturated heterocycles. The highest BCUT2D eigenvalue weighted by Gasteiger charge is 2.16. The lowest BCUT2D eigenvalue weighted by Gasteiger charge is -2.24. The maximum atomic E-state index is 12.2. The molecular formula is C16H24N2O2. The topological polar surface area (TPSA) is 52.6 Å². The second kappa shape index (κ2) is 7.70. The number of hydrogen-bond donors (Lipinski definition) is 2. The fourth-order valence-electron chi connectivity index (χ4n) is 2.15. The van der Waals surface area contributed by atoms with Gasteiger partial charge in [0.25, 0.3) is 0 Å². The summed E-state index contributed by atoms with van der Waals surface area (Å²) in [5.74, 6) is 0. The first-order valence-electron chi connectivity index (χ1n) is 6.84. The lowest BCUT2D eigenvalue weighted by molar-refractivity contribution is 0.181. The first-order chi connectivity index (χ1) is 9.51. The van der Waals surface area contributed by atoms with Crippen LogP contribution in [0.2, 0.25) is 0 Å². The molecule has 0 aliphatic carbocycles. The van der Waals surface area contributed by atoms with Crippen LogP contribution in [0.25, 0.3) is 0 Å². The van der Waals surface area contributed by atoms with Gasteiger partial charge in [-0.25, -0.2) is 4.79 Å². The summed E-state index contributed by atoms with van der Waals surface area (Å²) < 4.78 is 0. The van der Waals surface area contributed by atoms with E-state index in [4.69, 9.17) is 5.11 Å². The maximum Gasteiger partial charge on any atom is 0.318 e. The molecular weight excluding hydrogens is 252 g/mol. The molecule has 0 aromatic heterocycles. The molecule has 20 heavy (non-hydrogen) atoms. The number of benzene rings is 1. The Morgan fingerprint density at radius 1 is 1.50 bits per heavy atom. The Bertz CT molecular complexity index is 472. The number of amides is 2. The first-order valence-corrected chi connectivity index (χ1v) is 6.84. The Labute approximate surface area is 121 Å². The molecule has 1 aromatic carbocycles. The molecule has 110 valence electrons. The van der Waals surface area contributed by atoms with Gasteiger partial charge in [-0.15, -0.1) is 6.58 Å². The van der Waals surface area contributed by atoms with E-state index in [0.29, 0.717) is 13.1 Å². The van der Waals surface area contributed by atoms with Crippen LogP contribution < -0.4 is 5.32 Å². The van der Waals surface area contributed by atoms with Crippen molar-refractivity contribution in [3.63, 3.8) is 0 Å². The van der Waals surface area contributed by atoms with Gasteiger partial charge in [0.1, 0.15) is 0 Å². The smallest absolute Gasteiger partial charge is 0.318 e. The van der Waals surface area contributed by atoms with Crippen LogP contribution in [0.5, 0.6) is 0 Å². The third-order valence-electron chi connectivity index (χ3n) is 3.46. The van der Waals surface area contributed by atoms with E-state index in [2.05, 4.69) is 31.8 Å². The van der Waals surface area contributed by atoms with Crippen LogP contribution in [-0.4, -0.2) is 35.7 Å². The van der Waals surface area contributed by atoms with Crippen LogP contribution in [-0.2, 0) is 0 Å². The highest BCUT2D eigenvalue weighted by atomic mass is 16.3. The van der Waals surface area contributed by atoms with Crippen LogP contribution in [0, 0.1) is 13.8 Å². The van der Waals surface area contributed by atoms with Gasteiger partial charge >= 0.3 is 6.03 Å². The van der Waals surface area contributed by atoms with Crippen LogP contribution in [0.1, 0.15) is 29.7 Å². The normalized spacial score (nSPS) is 11.8. The van der Waals surface area contributed by atoms with E-state index in [1.54, 1.807) is 6.08 Å². The van der Waals surface area contributed by atoms with E-state index in [9.17, 15) is 4.79 Å². The number of aryl methyl sites for hydroxylation is 1. The Kier molecular flexibility index (Phi) is 6.25. The monoisotopic (exact) mass is 276 g/mol. The maximum absolute atomic E-state index is 12.2. The second-order valence-electron chi connectivity index (χ2n) is 4.92. The van der Waals surface area contributed by atoms with E-state index in [0.717, 1.165) is 5.56 Å². The van der Waals surface area contributed by atoms with Gasteiger partial charge in [-0.05, 0) is 37.5 Å². The molecule has 4 nitrogen and oxygen atoms in total. The summed E-state index contributed by atoms with van der Waals surface area (Å²) in [7, 11) is 0. The van der Waals surface area contributed by atoms with Crippen molar-refractivity contribution in [2.75, 3.05) is 19.7 Å². The van der Waals surface area contributed by atoms with Gasteiger partial charge in [-0.1, -0.05) is 24.3 Å². The quantitative estimate of drug-likeness (QED) is 0.785. The standard InChI is InChI=1S/C16H24N2O2/c1-5-9-18(10-11-19)16(20)17-14(4)15-8-6-7-12(2)13(15)3/h5-8,14,19H,1,9-11H2,2-4H3,(H,17,20). The highest BCUT2D eigenvalue weighted by molar-refractivity contribution is 5.75. The van der Waals surface area contributed by atoms with Crippen molar-refractivity contribution < 1.29 is 9.90 Å². The molecule has 0 aliphatic rings. The molecule has 1 aromatic rings. The number of carbonyl (C=O) groups is 1. The van der Waals surface area contributed by atoms with Gasteiger partial charge in [-0.2, -0.15) is 0 Å². The number of aliphatic hydroxyl groups is 1. The molecule has 1 unspecified atom stereocenters. The number of rotatable bonds is 6. The van der Waals surface area contributed by atoms with E-state index >= 15 is 0 Å². The summed E-state index contributed by atoms with van der Waals surface area (Å²) in [6.07, 6.45) is 1.65. The van der Waals surface area contributed by atoms with Gasteiger partial charge in [0.15, 0.2) is 0 Å². The predicted octanol–water partition coefficient (Wildman–Crippen LogP) is 2.55. The van der Waals surface area contributed by atoms with Crippen molar-refractivity contribution in [1.29, 1.82) is 0 Å². The van der Waals surface area contributed by atoms with E-state index in [1.165, 1.54) is 16.0 Å². The summed E-state index contributed by atoms with van der Waals surface area (Å²) in [6, 6.07) is 5.82. The molecule has 0 heterocycles. The second-order valence-corrected chi connectivity index (χ2v) is 4.92. The average molecular weight is 276 g/mol. The molecule has 0 radical (unpaired) electrons. The Hall–Kier alpha value is -1.81. The van der Waals surface area contributed by atoms with Crippen molar-refractivity contribution >= 4 is 6.03 Å². The van der Waals surface area contributed by atoms with Gasteiger partial charge in [0.05, 0.1) is 12.6 Å². The fraction of sp³-hybridized carbons (Fsp3) is 0.438. The van der Waals surface area contributed by atoms with Gasteiger partial charge < -0.3 is 15.3 Å². The van der Waals surface area contributed by atoms with Crippen molar-refractivity contribution in [3.8, 4) is 0 Å². The van der Waals surface area contributed by atoms with Crippen LogP contribution in [0.15, 0.2) is 30.9 Å². The summed E-state index contributed by atoms with van der Waals surface area (Å²) in [6.45, 7) is 10.4. The van der Waals surface area contributed by atoms with Gasteiger partial charge in [0, 0.05) is 13.1 Å². The zero-order valence-electron chi connectivity index (χ0n) is 12.5. The number of carbonyl (C=O) groups excluding carboxylic acids is 1. The minimum absolute atomic E-state index is 0.0564. The molecule has 1 rings (SSSR count). The molecule has 0 fully saturated rings. The molecule has 0 bridgehead atoms. The SMILES string of the molecule is C=CCN(CCO)C(=O)NC(C)c1cccc(C)c1C. The molecule has 2 amide bonds. The summed E-state index contributed by atoms with van der Waals surface area (Å²) in [4.78, 5) is 13.7. The average Bonchev–Trinajstić information content (AvgIpc) is 2.41. The molecule has 1 atom stereocenters. The Balaban J connectivity index is 2.78. The highest BCUT2D eigenvalue weighted by Crippen LogP contribution is 2.20. The van der Waals surface area contributed by atoms with Crippen LogP contribution in [0.4, 0.5) is 4.79 Å². The van der Waals surface area contributed by atoms with Crippen LogP contribution >= 0.6 is 0 Å². The zero-order valence-corrected chi connectivity index (χ0v) is 12.5. The largest absolute Gasteiger partial charge is 0.395 e. The van der Waals surface area contributed by atoms with E-state index < -0.39 is 0 Å². The van der Waals surface area contributed by atoms with Crippen molar-refractivity contribution in [2.45, 2.75) is 26.8 Å². The minimum atomic E-state index is -0.188. The van der Waals surface area contributed by atoms with Crippen molar-refractivity contribution in [2.24, 2.45) is 0 Å². The van der Waals surface area contributed by atoms with E-state index in [1.807, 2.05) is 19.1 Å². The van der Waals surface area contributed by atoms with E-state index in [-0.39, 0.29) is 18.7 Å². The molecule has 0 aliphatic heterocycles. The molecule has 2 N–H and O–H groups in total.